The van der Waals surface area contributed by atoms with Gasteiger partial charge in [-0.05, 0) is 51.5 Å². The highest BCUT2D eigenvalue weighted by atomic mass is 16.5. The summed E-state index contributed by atoms with van der Waals surface area (Å²) < 4.78 is 12.7. The van der Waals surface area contributed by atoms with Crippen molar-refractivity contribution in [2.45, 2.75) is 45.8 Å². The predicted molar refractivity (Wildman–Crippen MR) is 94.1 cm³/mol. The zero-order valence-electron chi connectivity index (χ0n) is 14.8. The van der Waals surface area contributed by atoms with Crippen molar-refractivity contribution in [1.82, 2.24) is 4.57 Å². The van der Waals surface area contributed by atoms with E-state index in [1.165, 1.54) is 0 Å². The Hall–Kier alpha value is -2.56. The number of benzene rings is 1. The molecule has 5 heteroatoms. The van der Waals surface area contributed by atoms with Gasteiger partial charge in [0, 0.05) is 17.8 Å². The maximum Gasteiger partial charge on any atom is 0.315 e. The third-order valence-electron chi connectivity index (χ3n) is 4.29. The van der Waals surface area contributed by atoms with Crippen molar-refractivity contribution in [3.05, 3.63) is 53.3 Å². The summed E-state index contributed by atoms with van der Waals surface area (Å²) in [4.78, 5) is 25.1. The first-order valence-corrected chi connectivity index (χ1v) is 8.68. The lowest BCUT2D eigenvalue weighted by atomic mass is 10.1. The van der Waals surface area contributed by atoms with Crippen LogP contribution >= 0.6 is 0 Å². The molecule has 3 rings (SSSR count). The molecular formula is C20H23NO4. The number of aromatic nitrogens is 1. The summed E-state index contributed by atoms with van der Waals surface area (Å²) in [5.41, 5.74) is 2.04. The molecule has 1 aromatic carbocycles. The van der Waals surface area contributed by atoms with E-state index in [1.54, 1.807) is 18.2 Å². The van der Waals surface area contributed by atoms with E-state index >= 15 is 0 Å². The average Bonchev–Trinajstić information content (AvgIpc) is 3.15. The molecule has 0 saturated heterocycles. The first-order chi connectivity index (χ1) is 12.0. The zero-order chi connectivity index (χ0) is 18.0. The molecule has 1 aliphatic heterocycles. The Morgan fingerprint density at radius 3 is 2.76 bits per heavy atom. The summed E-state index contributed by atoms with van der Waals surface area (Å²) >= 11 is 0. The van der Waals surface area contributed by atoms with Gasteiger partial charge in [-0.1, -0.05) is 12.1 Å². The van der Waals surface area contributed by atoms with E-state index in [4.69, 9.17) is 9.47 Å². The van der Waals surface area contributed by atoms with E-state index in [1.807, 2.05) is 43.5 Å². The molecule has 1 unspecified atom stereocenters. The average molecular weight is 341 g/mol. The lowest BCUT2D eigenvalue weighted by Crippen LogP contribution is -2.18. The van der Waals surface area contributed by atoms with Crippen molar-refractivity contribution >= 4 is 11.8 Å². The van der Waals surface area contributed by atoms with Crippen LogP contribution in [-0.2, 0) is 16.1 Å². The molecule has 0 spiro atoms. The molecular weight excluding hydrogens is 318 g/mol. The van der Waals surface area contributed by atoms with Crippen LogP contribution < -0.4 is 4.74 Å². The van der Waals surface area contributed by atoms with Crippen molar-refractivity contribution in [2.75, 3.05) is 6.61 Å². The Morgan fingerprint density at radius 2 is 2.04 bits per heavy atom. The largest absolute Gasteiger partial charge is 0.494 e. The van der Waals surface area contributed by atoms with Crippen molar-refractivity contribution in [1.29, 1.82) is 0 Å². The number of esters is 1. The number of hydrogen-bond donors (Lipinski definition) is 0. The van der Waals surface area contributed by atoms with Gasteiger partial charge in [0.25, 0.3) is 0 Å². The number of hydrogen-bond acceptors (Lipinski definition) is 4. The number of rotatable bonds is 6. The molecule has 132 valence electrons. The minimum Gasteiger partial charge on any atom is -0.494 e. The number of carbonyl (C=O) groups excluding carboxylic acids is 2. The molecule has 0 fully saturated rings. The zero-order valence-corrected chi connectivity index (χ0v) is 14.8. The smallest absolute Gasteiger partial charge is 0.315 e. The minimum absolute atomic E-state index is 0.0642. The highest BCUT2D eigenvalue weighted by Crippen LogP contribution is 2.32. The SMILES string of the molecule is CCOc1cccc(C(=O)c2ccc3n2CCC3C(=O)OC(C)C)c1. The third-order valence-corrected chi connectivity index (χ3v) is 4.29. The highest BCUT2D eigenvalue weighted by Gasteiger charge is 2.33. The first-order valence-electron chi connectivity index (χ1n) is 8.68. The molecule has 0 amide bonds. The van der Waals surface area contributed by atoms with Crippen LogP contribution in [0.2, 0.25) is 0 Å². The standard InChI is InChI=1S/C20H23NO4/c1-4-24-15-7-5-6-14(12-15)19(22)18-9-8-17-16(10-11-21(17)18)20(23)25-13(2)3/h5-9,12-13,16H,4,10-11H2,1-3H3. The van der Waals surface area contributed by atoms with Crippen molar-refractivity contribution < 1.29 is 19.1 Å². The molecule has 25 heavy (non-hydrogen) atoms. The fourth-order valence-corrected chi connectivity index (χ4v) is 3.24. The first kappa shape index (κ1) is 17.3. The van der Waals surface area contributed by atoms with Crippen molar-refractivity contribution in [3.63, 3.8) is 0 Å². The molecule has 5 nitrogen and oxygen atoms in total. The quantitative estimate of drug-likeness (QED) is 0.595. The van der Waals surface area contributed by atoms with Gasteiger partial charge in [0.05, 0.1) is 24.3 Å². The minimum atomic E-state index is -0.293. The third kappa shape index (κ3) is 3.45. The van der Waals surface area contributed by atoms with Gasteiger partial charge in [0.2, 0.25) is 5.78 Å². The second kappa shape index (κ2) is 7.13. The molecule has 1 atom stereocenters. The Labute approximate surface area is 147 Å². The highest BCUT2D eigenvalue weighted by molar-refractivity contribution is 6.08. The van der Waals surface area contributed by atoms with Crippen LogP contribution in [0.4, 0.5) is 0 Å². The van der Waals surface area contributed by atoms with Gasteiger partial charge in [0.15, 0.2) is 0 Å². The second-order valence-corrected chi connectivity index (χ2v) is 6.41. The van der Waals surface area contributed by atoms with E-state index < -0.39 is 0 Å². The summed E-state index contributed by atoms with van der Waals surface area (Å²) in [5, 5.41) is 0. The second-order valence-electron chi connectivity index (χ2n) is 6.41. The van der Waals surface area contributed by atoms with Gasteiger partial charge < -0.3 is 14.0 Å². The Bertz CT molecular complexity index is 791. The van der Waals surface area contributed by atoms with E-state index in [0.717, 1.165) is 5.69 Å². The van der Waals surface area contributed by atoms with Gasteiger partial charge in [-0.3, -0.25) is 9.59 Å². The molecule has 1 aliphatic rings. The Kier molecular flexibility index (Phi) is 4.93. The van der Waals surface area contributed by atoms with E-state index in [-0.39, 0.29) is 23.8 Å². The number of fused-ring (bicyclic) bond motifs is 1. The predicted octanol–water partition coefficient (Wildman–Crippen LogP) is 3.56. The lowest BCUT2D eigenvalue weighted by molar-refractivity contribution is -0.149. The van der Waals surface area contributed by atoms with Crippen LogP contribution in [0.15, 0.2) is 36.4 Å². The van der Waals surface area contributed by atoms with E-state index in [2.05, 4.69) is 0 Å². The maximum absolute atomic E-state index is 12.9. The molecule has 2 heterocycles. The summed E-state index contributed by atoms with van der Waals surface area (Å²) in [5.74, 6) is 0.105. The molecule has 0 radical (unpaired) electrons. The Balaban J connectivity index is 1.85. The normalized spacial score (nSPS) is 15.9. The number of carbonyl (C=O) groups is 2. The van der Waals surface area contributed by atoms with Gasteiger partial charge >= 0.3 is 5.97 Å². The molecule has 0 saturated carbocycles. The molecule has 2 aromatic rings. The topological polar surface area (TPSA) is 57.5 Å². The molecule has 0 aliphatic carbocycles. The maximum atomic E-state index is 12.9. The van der Waals surface area contributed by atoms with E-state index in [9.17, 15) is 9.59 Å². The van der Waals surface area contributed by atoms with Gasteiger partial charge in [-0.25, -0.2) is 0 Å². The summed E-state index contributed by atoms with van der Waals surface area (Å²) in [7, 11) is 0. The molecule has 0 bridgehead atoms. The van der Waals surface area contributed by atoms with Crippen molar-refractivity contribution in [3.8, 4) is 5.75 Å². The Morgan fingerprint density at radius 1 is 1.24 bits per heavy atom. The van der Waals surface area contributed by atoms with Gasteiger partial charge in [-0.15, -0.1) is 0 Å². The van der Waals surface area contributed by atoms with Crippen LogP contribution in [0.25, 0.3) is 0 Å². The fraction of sp³-hybridized carbons (Fsp3) is 0.400. The summed E-state index contributed by atoms with van der Waals surface area (Å²) in [6.45, 7) is 6.79. The summed E-state index contributed by atoms with van der Waals surface area (Å²) in [6, 6.07) is 10.8. The summed E-state index contributed by atoms with van der Waals surface area (Å²) in [6.07, 6.45) is 0.528. The number of ketones is 1. The van der Waals surface area contributed by atoms with Crippen LogP contribution in [-0.4, -0.2) is 29.0 Å². The number of ether oxygens (including phenoxy) is 2. The lowest BCUT2D eigenvalue weighted by Gasteiger charge is -2.12. The van der Waals surface area contributed by atoms with E-state index in [0.29, 0.717) is 36.6 Å². The fourth-order valence-electron chi connectivity index (χ4n) is 3.24. The molecule has 1 aromatic heterocycles. The molecule has 0 N–H and O–H groups in total. The van der Waals surface area contributed by atoms with Crippen LogP contribution in [0, 0.1) is 0 Å². The monoisotopic (exact) mass is 341 g/mol. The van der Waals surface area contributed by atoms with Crippen LogP contribution in [0.1, 0.15) is 54.9 Å². The van der Waals surface area contributed by atoms with Gasteiger partial charge in [0.1, 0.15) is 5.75 Å². The van der Waals surface area contributed by atoms with Gasteiger partial charge in [-0.2, -0.15) is 0 Å². The van der Waals surface area contributed by atoms with Crippen molar-refractivity contribution in [2.24, 2.45) is 0 Å². The number of nitrogens with zero attached hydrogens (tertiary/aromatic N) is 1. The van der Waals surface area contributed by atoms with Crippen LogP contribution in [0.3, 0.4) is 0 Å². The van der Waals surface area contributed by atoms with Crippen LogP contribution in [0.5, 0.6) is 5.75 Å².